The van der Waals surface area contributed by atoms with Crippen molar-refractivity contribution in [3.05, 3.63) is 59.6 Å². The number of carbonyl (C=O) groups is 1. The molecule has 33 heavy (non-hydrogen) atoms. The number of nitrogens with zero attached hydrogens (tertiary/aromatic N) is 3. The van der Waals surface area contributed by atoms with E-state index in [0.717, 1.165) is 28.5 Å². The quantitative estimate of drug-likeness (QED) is 0.441. The van der Waals surface area contributed by atoms with E-state index in [2.05, 4.69) is 10.4 Å². The predicted octanol–water partition coefficient (Wildman–Crippen LogP) is 4.06. The Labute approximate surface area is 193 Å². The number of nitrogens with one attached hydrogen (secondary N) is 1. The maximum Gasteiger partial charge on any atom is 0.263 e. The minimum atomic E-state index is -0.306. The first-order valence-electron chi connectivity index (χ1n) is 10.1. The Kier molecular flexibility index (Phi) is 5.57. The lowest BCUT2D eigenvalue weighted by molar-refractivity contribution is -0.118. The van der Waals surface area contributed by atoms with Crippen LogP contribution in [0.5, 0.6) is 23.0 Å². The van der Waals surface area contributed by atoms with E-state index in [0.29, 0.717) is 22.4 Å². The molecule has 0 spiro atoms. The Hall–Kier alpha value is -4.05. The third-order valence-corrected chi connectivity index (χ3v) is 5.69. The van der Waals surface area contributed by atoms with E-state index >= 15 is 0 Å². The molecular weight excluding hydrogens is 444 g/mol. The van der Waals surface area contributed by atoms with Gasteiger partial charge >= 0.3 is 0 Å². The molecule has 0 bridgehead atoms. The SMILES string of the molecule is COc1ccc(OCC(=O)Nc2cc(C)nn2-c2nc(-c3ccc4c(c3)OCO4)cs2)cc1. The second-order valence-corrected chi connectivity index (χ2v) is 8.02. The second kappa shape index (κ2) is 8.83. The summed E-state index contributed by atoms with van der Waals surface area (Å²) in [5.74, 6) is 2.92. The Morgan fingerprint density at radius 2 is 1.91 bits per heavy atom. The molecule has 1 aliphatic rings. The fraction of sp³-hybridized carbons (Fsp3) is 0.174. The molecule has 1 N–H and O–H groups in total. The van der Waals surface area contributed by atoms with E-state index in [9.17, 15) is 4.79 Å². The van der Waals surface area contributed by atoms with Crippen LogP contribution in [0.15, 0.2) is 53.9 Å². The van der Waals surface area contributed by atoms with Crippen molar-refractivity contribution in [3.8, 4) is 39.4 Å². The zero-order chi connectivity index (χ0) is 22.8. The van der Waals surface area contributed by atoms with Gasteiger partial charge in [-0.25, -0.2) is 4.98 Å². The molecule has 3 heterocycles. The monoisotopic (exact) mass is 464 g/mol. The maximum atomic E-state index is 12.5. The number of fused-ring (bicyclic) bond motifs is 1. The first-order chi connectivity index (χ1) is 16.1. The minimum Gasteiger partial charge on any atom is -0.497 e. The zero-order valence-corrected chi connectivity index (χ0v) is 18.7. The van der Waals surface area contributed by atoms with E-state index in [1.165, 1.54) is 11.3 Å². The number of aromatic nitrogens is 3. The van der Waals surface area contributed by atoms with Gasteiger partial charge in [-0.1, -0.05) is 0 Å². The van der Waals surface area contributed by atoms with Gasteiger partial charge in [0.1, 0.15) is 17.3 Å². The van der Waals surface area contributed by atoms with E-state index < -0.39 is 0 Å². The molecule has 2 aromatic heterocycles. The summed E-state index contributed by atoms with van der Waals surface area (Å²) in [4.78, 5) is 17.2. The lowest BCUT2D eigenvalue weighted by Gasteiger charge is -2.09. The molecule has 0 aliphatic carbocycles. The number of carbonyl (C=O) groups excluding carboxylic acids is 1. The number of amides is 1. The molecule has 168 valence electrons. The van der Waals surface area contributed by atoms with Crippen molar-refractivity contribution in [1.29, 1.82) is 0 Å². The molecule has 1 aliphatic heterocycles. The van der Waals surface area contributed by atoms with Crippen LogP contribution in [0.25, 0.3) is 16.4 Å². The number of rotatable bonds is 7. The highest BCUT2D eigenvalue weighted by atomic mass is 32.1. The molecule has 9 nitrogen and oxygen atoms in total. The smallest absolute Gasteiger partial charge is 0.263 e. The van der Waals surface area contributed by atoms with Crippen LogP contribution in [0.4, 0.5) is 5.82 Å². The average molecular weight is 465 g/mol. The fourth-order valence-corrected chi connectivity index (χ4v) is 4.08. The third kappa shape index (κ3) is 4.46. The largest absolute Gasteiger partial charge is 0.497 e. The van der Waals surface area contributed by atoms with E-state index in [1.54, 1.807) is 42.1 Å². The van der Waals surface area contributed by atoms with Crippen molar-refractivity contribution in [1.82, 2.24) is 14.8 Å². The van der Waals surface area contributed by atoms with Gasteiger partial charge in [-0.05, 0) is 49.4 Å². The molecule has 0 saturated carbocycles. The predicted molar refractivity (Wildman–Crippen MR) is 123 cm³/mol. The summed E-state index contributed by atoms with van der Waals surface area (Å²) >= 11 is 1.42. The highest BCUT2D eigenvalue weighted by Gasteiger charge is 2.17. The Morgan fingerprint density at radius 3 is 2.73 bits per heavy atom. The number of hydrogen-bond acceptors (Lipinski definition) is 8. The maximum absolute atomic E-state index is 12.5. The molecule has 2 aromatic carbocycles. The van der Waals surface area contributed by atoms with Gasteiger partial charge in [0.05, 0.1) is 18.5 Å². The van der Waals surface area contributed by atoms with Crippen LogP contribution in [0, 0.1) is 6.92 Å². The summed E-state index contributed by atoms with van der Waals surface area (Å²) in [6.45, 7) is 1.93. The number of ether oxygens (including phenoxy) is 4. The van der Waals surface area contributed by atoms with E-state index in [4.69, 9.17) is 23.9 Å². The summed E-state index contributed by atoms with van der Waals surface area (Å²) in [6, 6.07) is 14.5. The number of benzene rings is 2. The topological polar surface area (TPSA) is 96.7 Å². The van der Waals surface area contributed by atoms with E-state index in [1.807, 2.05) is 30.5 Å². The molecule has 10 heteroatoms. The van der Waals surface area contributed by atoms with Gasteiger partial charge in [0.2, 0.25) is 11.9 Å². The van der Waals surface area contributed by atoms with Crippen molar-refractivity contribution >= 4 is 23.1 Å². The summed E-state index contributed by atoms with van der Waals surface area (Å²) in [7, 11) is 1.59. The van der Waals surface area contributed by atoms with Crippen molar-refractivity contribution in [2.24, 2.45) is 0 Å². The van der Waals surface area contributed by atoms with Crippen LogP contribution in [0.1, 0.15) is 5.69 Å². The lowest BCUT2D eigenvalue weighted by Crippen LogP contribution is -2.21. The second-order valence-electron chi connectivity index (χ2n) is 7.18. The van der Waals surface area contributed by atoms with E-state index in [-0.39, 0.29) is 19.3 Å². The van der Waals surface area contributed by atoms with Gasteiger partial charge < -0.3 is 24.3 Å². The normalized spacial score (nSPS) is 11.9. The summed E-state index contributed by atoms with van der Waals surface area (Å²) in [5, 5.41) is 9.89. The fourth-order valence-electron chi connectivity index (χ4n) is 3.28. The first-order valence-corrected chi connectivity index (χ1v) is 11.0. The highest BCUT2D eigenvalue weighted by molar-refractivity contribution is 7.12. The average Bonchev–Trinajstić information content (AvgIpc) is 3.57. The molecule has 0 saturated heterocycles. The number of anilines is 1. The van der Waals surface area contributed by atoms with Gasteiger partial charge in [0, 0.05) is 17.0 Å². The van der Waals surface area contributed by atoms with Gasteiger partial charge in [0.15, 0.2) is 18.1 Å². The van der Waals surface area contributed by atoms with Gasteiger partial charge in [0.25, 0.3) is 5.91 Å². The lowest BCUT2D eigenvalue weighted by atomic mass is 10.1. The molecule has 0 unspecified atom stereocenters. The first kappa shape index (κ1) is 20.8. The van der Waals surface area contributed by atoms with Crippen molar-refractivity contribution in [2.75, 3.05) is 25.8 Å². The van der Waals surface area contributed by atoms with Gasteiger partial charge in [-0.15, -0.1) is 11.3 Å². The minimum absolute atomic E-state index is 0.142. The Bertz CT molecular complexity index is 1300. The van der Waals surface area contributed by atoms with Crippen LogP contribution >= 0.6 is 11.3 Å². The number of hydrogen-bond donors (Lipinski definition) is 1. The van der Waals surface area contributed by atoms with Gasteiger partial charge in [-0.2, -0.15) is 9.78 Å². The number of aryl methyl sites for hydroxylation is 1. The van der Waals surface area contributed by atoms with Crippen LogP contribution in [0.3, 0.4) is 0 Å². The van der Waals surface area contributed by atoms with Crippen molar-refractivity contribution in [2.45, 2.75) is 6.92 Å². The Balaban J connectivity index is 1.29. The molecule has 5 rings (SSSR count). The molecule has 1 amide bonds. The van der Waals surface area contributed by atoms with Crippen LogP contribution in [0.2, 0.25) is 0 Å². The Morgan fingerprint density at radius 1 is 1.12 bits per heavy atom. The molecule has 0 radical (unpaired) electrons. The summed E-state index contributed by atoms with van der Waals surface area (Å²) in [6.07, 6.45) is 0. The summed E-state index contributed by atoms with van der Waals surface area (Å²) < 4.78 is 23.1. The number of methoxy groups -OCH3 is 1. The molecular formula is C23H20N4O5S. The molecule has 4 aromatic rings. The third-order valence-electron chi connectivity index (χ3n) is 4.87. The van der Waals surface area contributed by atoms with Gasteiger partial charge in [-0.3, -0.25) is 4.79 Å². The summed E-state index contributed by atoms with van der Waals surface area (Å²) in [5.41, 5.74) is 2.44. The number of thiazole rings is 1. The zero-order valence-electron chi connectivity index (χ0n) is 17.9. The highest BCUT2D eigenvalue weighted by Crippen LogP contribution is 2.36. The van der Waals surface area contributed by atoms with Crippen LogP contribution < -0.4 is 24.3 Å². The van der Waals surface area contributed by atoms with Crippen molar-refractivity contribution in [3.63, 3.8) is 0 Å². The van der Waals surface area contributed by atoms with Crippen LogP contribution in [-0.4, -0.2) is 41.2 Å². The van der Waals surface area contributed by atoms with Crippen molar-refractivity contribution < 1.29 is 23.7 Å². The molecule has 0 atom stereocenters. The van der Waals surface area contributed by atoms with Crippen LogP contribution in [-0.2, 0) is 4.79 Å². The standard InChI is InChI=1S/C23H20N4O5S/c1-14-9-21(25-22(28)11-30-17-6-4-16(29-2)5-7-17)27(26-14)23-24-18(12-33-23)15-3-8-19-20(10-15)32-13-31-19/h3-10,12H,11,13H2,1-2H3,(H,25,28). The molecule has 0 fully saturated rings.